The van der Waals surface area contributed by atoms with Gasteiger partial charge >= 0.3 is 0 Å². The van der Waals surface area contributed by atoms with Crippen LogP contribution in [0.5, 0.6) is 0 Å². The first-order valence-corrected chi connectivity index (χ1v) is 6.09. The molecule has 1 aromatic rings. The van der Waals surface area contributed by atoms with E-state index in [1.807, 2.05) is 6.92 Å². The first-order chi connectivity index (χ1) is 6.66. The van der Waals surface area contributed by atoms with Gasteiger partial charge in [0.05, 0.1) is 16.8 Å². The average Bonchev–Trinajstić information content (AvgIpc) is 2.26. The summed E-state index contributed by atoms with van der Waals surface area (Å²) in [7, 11) is 0. The third-order valence-corrected chi connectivity index (χ3v) is 4.25. The van der Waals surface area contributed by atoms with Crippen LogP contribution in [0.25, 0.3) is 0 Å². The highest BCUT2D eigenvalue weighted by Gasteiger charge is 2.26. The molecule has 1 aliphatic carbocycles. The number of aliphatic hydroxyl groups excluding tert-OH is 1. The van der Waals surface area contributed by atoms with Crippen molar-refractivity contribution in [3.8, 4) is 0 Å². The van der Waals surface area contributed by atoms with E-state index in [1.165, 1.54) is 24.1 Å². The van der Waals surface area contributed by atoms with E-state index in [1.54, 1.807) is 11.3 Å². The van der Waals surface area contributed by atoms with Crippen LogP contribution in [-0.2, 0) is 6.42 Å². The molecule has 1 atom stereocenters. The van der Waals surface area contributed by atoms with Crippen LogP contribution in [0, 0.1) is 19.8 Å². The molecule has 14 heavy (non-hydrogen) atoms. The van der Waals surface area contributed by atoms with Crippen LogP contribution in [0.2, 0.25) is 0 Å². The number of hydrogen-bond donors (Lipinski definition) is 1. The quantitative estimate of drug-likeness (QED) is 0.833. The summed E-state index contributed by atoms with van der Waals surface area (Å²) in [6.45, 7) is 4.12. The van der Waals surface area contributed by atoms with Crippen LogP contribution in [0.4, 0.5) is 0 Å². The van der Waals surface area contributed by atoms with Gasteiger partial charge in [-0.05, 0) is 32.6 Å². The van der Waals surface area contributed by atoms with E-state index >= 15 is 0 Å². The van der Waals surface area contributed by atoms with Crippen molar-refractivity contribution >= 4 is 11.3 Å². The molecule has 0 amide bonds. The van der Waals surface area contributed by atoms with Crippen LogP contribution >= 0.6 is 11.3 Å². The Labute approximate surface area is 89.0 Å². The summed E-state index contributed by atoms with van der Waals surface area (Å²) in [5.41, 5.74) is 1.12. The molecule has 2 nitrogen and oxygen atoms in total. The highest BCUT2D eigenvalue weighted by molar-refractivity contribution is 7.11. The fourth-order valence-corrected chi connectivity index (χ4v) is 2.78. The molecule has 2 rings (SSSR count). The molecular weight excluding hydrogens is 194 g/mol. The van der Waals surface area contributed by atoms with Gasteiger partial charge in [0.2, 0.25) is 0 Å². The summed E-state index contributed by atoms with van der Waals surface area (Å²) in [5.74, 6) is 0.541. The Morgan fingerprint density at radius 3 is 2.64 bits per heavy atom. The van der Waals surface area contributed by atoms with Gasteiger partial charge in [-0.25, -0.2) is 4.98 Å². The van der Waals surface area contributed by atoms with Crippen LogP contribution in [0.1, 0.15) is 34.8 Å². The molecule has 0 aromatic carbocycles. The molecule has 78 valence electrons. The van der Waals surface area contributed by atoms with Gasteiger partial charge in [-0.2, -0.15) is 0 Å². The van der Waals surface area contributed by atoms with E-state index in [0.29, 0.717) is 5.92 Å². The summed E-state index contributed by atoms with van der Waals surface area (Å²) < 4.78 is 0. The topological polar surface area (TPSA) is 33.1 Å². The lowest BCUT2D eigenvalue weighted by Gasteiger charge is -2.29. The SMILES string of the molecule is Cc1nc(CC(O)C2CCC2)sc1C. The Morgan fingerprint density at radius 1 is 1.50 bits per heavy atom. The van der Waals surface area contributed by atoms with Gasteiger partial charge in [-0.3, -0.25) is 0 Å². The monoisotopic (exact) mass is 211 g/mol. The molecule has 0 spiro atoms. The van der Waals surface area contributed by atoms with Crippen molar-refractivity contribution < 1.29 is 5.11 Å². The number of aryl methyl sites for hydroxylation is 2. The van der Waals surface area contributed by atoms with Gasteiger partial charge in [0.15, 0.2) is 0 Å². The van der Waals surface area contributed by atoms with E-state index in [-0.39, 0.29) is 6.10 Å². The van der Waals surface area contributed by atoms with Gasteiger partial charge in [0.1, 0.15) is 0 Å². The molecular formula is C11H17NOS. The second-order valence-corrected chi connectivity index (χ2v) is 5.50. The van der Waals surface area contributed by atoms with E-state index in [2.05, 4.69) is 11.9 Å². The number of aliphatic hydroxyl groups is 1. The Kier molecular flexibility index (Phi) is 2.88. The zero-order valence-corrected chi connectivity index (χ0v) is 9.60. The molecule has 3 heteroatoms. The predicted octanol–water partition coefficient (Wildman–Crippen LogP) is 2.46. The van der Waals surface area contributed by atoms with Gasteiger partial charge in [0.25, 0.3) is 0 Å². The largest absolute Gasteiger partial charge is 0.392 e. The molecule has 1 fully saturated rings. The van der Waals surface area contributed by atoms with Crippen molar-refractivity contribution in [1.82, 2.24) is 4.98 Å². The summed E-state index contributed by atoms with van der Waals surface area (Å²) in [6, 6.07) is 0. The minimum atomic E-state index is -0.159. The number of aromatic nitrogens is 1. The number of rotatable bonds is 3. The second-order valence-electron chi connectivity index (χ2n) is 4.21. The van der Waals surface area contributed by atoms with Crippen molar-refractivity contribution in [3.63, 3.8) is 0 Å². The normalized spacial score (nSPS) is 19.4. The maximum absolute atomic E-state index is 9.89. The molecule has 1 heterocycles. The van der Waals surface area contributed by atoms with Crippen LogP contribution in [-0.4, -0.2) is 16.2 Å². The zero-order chi connectivity index (χ0) is 10.1. The van der Waals surface area contributed by atoms with E-state index in [0.717, 1.165) is 17.1 Å². The summed E-state index contributed by atoms with van der Waals surface area (Å²) in [5, 5.41) is 11.0. The number of hydrogen-bond acceptors (Lipinski definition) is 3. The molecule has 1 aliphatic rings. The average molecular weight is 211 g/mol. The summed E-state index contributed by atoms with van der Waals surface area (Å²) in [6.07, 6.45) is 4.28. The Hall–Kier alpha value is -0.410. The minimum Gasteiger partial charge on any atom is -0.392 e. The van der Waals surface area contributed by atoms with Crippen LogP contribution < -0.4 is 0 Å². The third-order valence-electron chi connectivity index (χ3n) is 3.15. The number of thiazole rings is 1. The number of nitrogens with zero attached hydrogens (tertiary/aromatic N) is 1. The molecule has 0 radical (unpaired) electrons. The van der Waals surface area contributed by atoms with Gasteiger partial charge in [-0.15, -0.1) is 11.3 Å². The maximum atomic E-state index is 9.89. The minimum absolute atomic E-state index is 0.159. The lowest BCUT2D eigenvalue weighted by atomic mass is 9.80. The standard InChI is InChI=1S/C11H17NOS/c1-7-8(2)14-11(12-7)6-10(13)9-4-3-5-9/h9-10,13H,3-6H2,1-2H3. The van der Waals surface area contributed by atoms with Gasteiger partial charge in [-0.1, -0.05) is 6.42 Å². The van der Waals surface area contributed by atoms with Crippen LogP contribution in [0.15, 0.2) is 0 Å². The lowest BCUT2D eigenvalue weighted by Crippen LogP contribution is -2.28. The maximum Gasteiger partial charge on any atom is 0.0956 e. The molecule has 1 unspecified atom stereocenters. The summed E-state index contributed by atoms with van der Waals surface area (Å²) in [4.78, 5) is 5.73. The smallest absolute Gasteiger partial charge is 0.0956 e. The van der Waals surface area contributed by atoms with Gasteiger partial charge < -0.3 is 5.11 Å². The van der Waals surface area contributed by atoms with Crippen molar-refractivity contribution in [2.75, 3.05) is 0 Å². The van der Waals surface area contributed by atoms with Gasteiger partial charge in [0, 0.05) is 11.3 Å². The predicted molar refractivity (Wildman–Crippen MR) is 58.6 cm³/mol. The van der Waals surface area contributed by atoms with Crippen molar-refractivity contribution in [2.45, 2.75) is 45.6 Å². The molecule has 1 aromatic heterocycles. The third kappa shape index (κ3) is 1.98. The Bertz CT molecular complexity index is 298. The van der Waals surface area contributed by atoms with E-state index < -0.39 is 0 Å². The molecule has 0 saturated heterocycles. The highest BCUT2D eigenvalue weighted by Crippen LogP contribution is 2.31. The van der Waals surface area contributed by atoms with Crippen molar-refractivity contribution in [3.05, 3.63) is 15.6 Å². The van der Waals surface area contributed by atoms with Crippen molar-refractivity contribution in [2.24, 2.45) is 5.92 Å². The molecule has 1 saturated carbocycles. The fraction of sp³-hybridized carbons (Fsp3) is 0.727. The molecule has 0 bridgehead atoms. The Morgan fingerprint density at radius 2 is 2.21 bits per heavy atom. The van der Waals surface area contributed by atoms with E-state index in [9.17, 15) is 5.11 Å². The molecule has 1 N–H and O–H groups in total. The Balaban J connectivity index is 1.95. The van der Waals surface area contributed by atoms with Crippen LogP contribution in [0.3, 0.4) is 0 Å². The van der Waals surface area contributed by atoms with E-state index in [4.69, 9.17) is 0 Å². The first-order valence-electron chi connectivity index (χ1n) is 5.28. The first kappa shape index (κ1) is 10.1. The van der Waals surface area contributed by atoms with Crippen molar-refractivity contribution in [1.29, 1.82) is 0 Å². The fourth-order valence-electron chi connectivity index (χ4n) is 1.80. The molecule has 0 aliphatic heterocycles. The lowest BCUT2D eigenvalue weighted by molar-refractivity contribution is 0.0629. The second kappa shape index (κ2) is 3.99. The highest BCUT2D eigenvalue weighted by atomic mass is 32.1. The zero-order valence-electron chi connectivity index (χ0n) is 8.79. The summed E-state index contributed by atoms with van der Waals surface area (Å²) >= 11 is 1.72.